The summed E-state index contributed by atoms with van der Waals surface area (Å²) in [7, 11) is 0. The number of nitrogens with zero attached hydrogens (tertiary/aromatic N) is 5. The summed E-state index contributed by atoms with van der Waals surface area (Å²) >= 11 is 2.18. The number of nitrogens with two attached hydrogens (primary N) is 1. The van der Waals surface area contributed by atoms with Gasteiger partial charge >= 0.3 is 6.09 Å². The fourth-order valence-electron chi connectivity index (χ4n) is 4.07. The second-order valence-corrected chi connectivity index (χ2v) is 9.43. The van der Waals surface area contributed by atoms with E-state index in [1.54, 1.807) is 0 Å². The monoisotopic (exact) mass is 470 g/mol. The molecule has 0 bridgehead atoms. The zero-order valence-corrected chi connectivity index (χ0v) is 17.4. The quantitative estimate of drug-likeness (QED) is 0.644. The van der Waals surface area contributed by atoms with Gasteiger partial charge in [0, 0.05) is 13.1 Å². The number of halogens is 1. The van der Waals surface area contributed by atoms with Crippen molar-refractivity contribution in [1.29, 1.82) is 0 Å². The van der Waals surface area contributed by atoms with Crippen LogP contribution in [0.25, 0.3) is 11.0 Å². The van der Waals surface area contributed by atoms with Gasteiger partial charge in [0.2, 0.25) is 0 Å². The van der Waals surface area contributed by atoms with Gasteiger partial charge in [-0.25, -0.2) is 19.4 Å². The summed E-state index contributed by atoms with van der Waals surface area (Å²) in [6.45, 7) is 7.20. The molecule has 3 heterocycles. The largest absolute Gasteiger partial charge is 0.444 e. The fraction of sp³-hybridized carbons (Fsp3) is 0.647. The number of hydrogen-bond donors (Lipinski definition) is 1. The molecule has 9 heteroatoms. The molecule has 2 aromatic heterocycles. The smallest absolute Gasteiger partial charge is 0.410 e. The summed E-state index contributed by atoms with van der Waals surface area (Å²) in [6.07, 6.45) is 4.26. The summed E-state index contributed by atoms with van der Waals surface area (Å²) in [4.78, 5) is 22.6. The first-order valence-corrected chi connectivity index (χ1v) is 9.87. The van der Waals surface area contributed by atoms with Crippen molar-refractivity contribution in [3.8, 4) is 0 Å². The number of anilines is 1. The molecule has 2 aromatic rings. The molecule has 1 aliphatic carbocycles. The third-order valence-corrected chi connectivity index (χ3v) is 6.00. The molecule has 1 aliphatic heterocycles. The standard InChI is InChI=1S/C17H23IN6O2/c1-16(2,3)26-15(25)23-5-4-17(8-23)6-10(7-17)24-14-11(12(18)22-24)13(19)20-9-21-14/h9-10H,4-8H2,1-3H3,(H2,19,20,21)/t10-,17+. The number of carbonyl (C=O) groups excluding carboxylic acids is 1. The molecule has 8 nitrogen and oxygen atoms in total. The number of rotatable bonds is 1. The van der Waals surface area contributed by atoms with Gasteiger partial charge in [-0.15, -0.1) is 0 Å². The van der Waals surface area contributed by atoms with Crippen LogP contribution in [-0.2, 0) is 4.74 Å². The predicted octanol–water partition coefficient (Wildman–Crippen LogP) is 2.98. The maximum absolute atomic E-state index is 12.3. The van der Waals surface area contributed by atoms with E-state index in [2.05, 4.69) is 37.7 Å². The molecule has 0 unspecified atom stereocenters. The Morgan fingerprint density at radius 3 is 2.81 bits per heavy atom. The summed E-state index contributed by atoms with van der Waals surface area (Å²) in [5.41, 5.74) is 6.49. The highest BCUT2D eigenvalue weighted by molar-refractivity contribution is 14.1. The van der Waals surface area contributed by atoms with E-state index in [1.807, 2.05) is 30.4 Å². The molecule has 1 saturated heterocycles. The van der Waals surface area contributed by atoms with Crippen LogP contribution in [-0.4, -0.2) is 49.4 Å². The Balaban J connectivity index is 1.47. The maximum Gasteiger partial charge on any atom is 0.410 e. The van der Waals surface area contributed by atoms with E-state index in [-0.39, 0.29) is 17.6 Å². The van der Waals surface area contributed by atoms with Crippen molar-refractivity contribution >= 4 is 45.5 Å². The third-order valence-electron chi connectivity index (χ3n) is 5.25. The van der Waals surface area contributed by atoms with Crippen molar-refractivity contribution in [1.82, 2.24) is 24.6 Å². The van der Waals surface area contributed by atoms with Crippen molar-refractivity contribution in [2.45, 2.75) is 51.7 Å². The Kier molecular flexibility index (Phi) is 4.05. The first-order valence-electron chi connectivity index (χ1n) is 8.80. The number of likely N-dealkylation sites (tertiary alicyclic amines) is 1. The van der Waals surface area contributed by atoms with Gasteiger partial charge in [0.25, 0.3) is 0 Å². The molecule has 2 aliphatic rings. The summed E-state index contributed by atoms with van der Waals surface area (Å²) in [5, 5.41) is 5.47. The highest BCUT2D eigenvalue weighted by Gasteiger charge is 2.51. The van der Waals surface area contributed by atoms with Crippen molar-refractivity contribution in [2.24, 2.45) is 5.41 Å². The SMILES string of the molecule is CC(C)(C)OC(=O)N1CC[C@]2(C1)C[C@@H](n1nc(I)c3c(N)ncnc31)C2. The minimum atomic E-state index is -0.459. The Morgan fingerprint density at radius 1 is 1.38 bits per heavy atom. The maximum atomic E-state index is 12.3. The molecule has 1 saturated carbocycles. The molecule has 26 heavy (non-hydrogen) atoms. The van der Waals surface area contributed by atoms with E-state index in [4.69, 9.17) is 10.5 Å². The van der Waals surface area contributed by atoms with Crippen molar-refractivity contribution in [2.75, 3.05) is 18.8 Å². The molecule has 2 N–H and O–H groups in total. The highest BCUT2D eigenvalue weighted by atomic mass is 127. The minimum absolute atomic E-state index is 0.170. The van der Waals surface area contributed by atoms with E-state index < -0.39 is 5.60 Å². The number of fused-ring (bicyclic) bond motifs is 1. The average molecular weight is 470 g/mol. The van der Waals surface area contributed by atoms with Gasteiger partial charge in [0.15, 0.2) is 5.65 Å². The van der Waals surface area contributed by atoms with E-state index >= 15 is 0 Å². The van der Waals surface area contributed by atoms with Crippen LogP contribution >= 0.6 is 22.6 Å². The molecular weight excluding hydrogens is 447 g/mol. The van der Waals surface area contributed by atoms with Gasteiger partial charge in [-0.1, -0.05) is 0 Å². The minimum Gasteiger partial charge on any atom is -0.444 e. The summed E-state index contributed by atoms with van der Waals surface area (Å²) in [5.74, 6) is 0.469. The zero-order valence-electron chi connectivity index (χ0n) is 15.2. The average Bonchev–Trinajstić information content (AvgIpc) is 3.07. The van der Waals surface area contributed by atoms with E-state index in [0.29, 0.717) is 5.82 Å². The zero-order chi connectivity index (χ0) is 18.7. The van der Waals surface area contributed by atoms with Crippen LogP contribution in [0.2, 0.25) is 0 Å². The van der Waals surface area contributed by atoms with Gasteiger partial charge in [-0.3, -0.25) is 0 Å². The Bertz CT molecular complexity index is 868. The van der Waals surface area contributed by atoms with Crippen molar-refractivity contribution in [3.63, 3.8) is 0 Å². The van der Waals surface area contributed by atoms with Crippen LogP contribution < -0.4 is 5.73 Å². The number of amides is 1. The van der Waals surface area contributed by atoms with E-state index in [9.17, 15) is 4.79 Å². The topological polar surface area (TPSA) is 99.2 Å². The summed E-state index contributed by atoms with van der Waals surface area (Å²) in [6, 6.07) is 0.286. The van der Waals surface area contributed by atoms with Crippen LogP contribution in [0.15, 0.2) is 6.33 Å². The van der Waals surface area contributed by atoms with Gasteiger partial charge in [-0.2, -0.15) is 5.10 Å². The molecule has 140 valence electrons. The van der Waals surface area contributed by atoms with Gasteiger partial charge in [0.1, 0.15) is 21.4 Å². The van der Waals surface area contributed by atoms with Gasteiger partial charge < -0.3 is 15.4 Å². The Hall–Kier alpha value is -1.65. The molecule has 1 spiro atoms. The van der Waals surface area contributed by atoms with Crippen molar-refractivity contribution < 1.29 is 9.53 Å². The lowest BCUT2D eigenvalue weighted by Gasteiger charge is -2.45. The normalized spacial score (nSPS) is 25.7. The summed E-state index contributed by atoms with van der Waals surface area (Å²) < 4.78 is 8.32. The molecule has 4 rings (SSSR count). The Labute approximate surface area is 165 Å². The Morgan fingerprint density at radius 2 is 2.12 bits per heavy atom. The number of ether oxygens (including phenoxy) is 1. The van der Waals surface area contributed by atoms with Gasteiger partial charge in [0.05, 0.1) is 11.4 Å². The highest BCUT2D eigenvalue weighted by Crippen LogP contribution is 2.54. The van der Waals surface area contributed by atoms with Crippen LogP contribution in [0.4, 0.5) is 10.6 Å². The number of carbonyl (C=O) groups is 1. The third kappa shape index (κ3) is 2.99. The molecule has 0 radical (unpaired) electrons. The lowest BCUT2D eigenvalue weighted by molar-refractivity contribution is 0.0189. The second-order valence-electron chi connectivity index (χ2n) is 8.41. The van der Waals surface area contributed by atoms with Gasteiger partial charge in [-0.05, 0) is 68.0 Å². The lowest BCUT2D eigenvalue weighted by atomic mass is 9.65. The van der Waals surface area contributed by atoms with Crippen LogP contribution in [0.3, 0.4) is 0 Å². The number of hydrogen-bond acceptors (Lipinski definition) is 6. The number of nitrogen functional groups attached to an aromatic ring is 1. The van der Waals surface area contributed by atoms with Crippen LogP contribution in [0, 0.1) is 9.12 Å². The molecule has 2 fully saturated rings. The lowest BCUT2D eigenvalue weighted by Crippen LogP contribution is -2.43. The predicted molar refractivity (Wildman–Crippen MR) is 106 cm³/mol. The van der Waals surface area contributed by atoms with E-state index in [1.165, 1.54) is 6.33 Å². The second kappa shape index (κ2) is 5.93. The molecule has 0 atom stereocenters. The number of aromatic nitrogens is 4. The fourth-order valence-corrected chi connectivity index (χ4v) is 4.82. The first kappa shape index (κ1) is 17.7. The van der Waals surface area contributed by atoms with Crippen LogP contribution in [0.1, 0.15) is 46.1 Å². The van der Waals surface area contributed by atoms with E-state index in [0.717, 1.165) is 47.1 Å². The van der Waals surface area contributed by atoms with Crippen molar-refractivity contribution in [3.05, 3.63) is 10.0 Å². The molecule has 1 amide bonds. The molecule has 0 aromatic carbocycles. The van der Waals surface area contributed by atoms with Crippen LogP contribution in [0.5, 0.6) is 0 Å². The first-order chi connectivity index (χ1) is 12.2. The molecular formula is C17H23IN6O2.